The van der Waals surface area contributed by atoms with Crippen molar-refractivity contribution in [1.82, 2.24) is 9.78 Å². The van der Waals surface area contributed by atoms with Crippen LogP contribution in [0.4, 0.5) is 0 Å². The molecule has 0 aliphatic carbocycles. The summed E-state index contributed by atoms with van der Waals surface area (Å²) < 4.78 is 1.42. The standard InChI is InChI=1S/C17H13ClN2O/c1-12(21)20-17(14-7-9-15(18)10-8-14)11-16(19-20)13-5-3-2-4-6-13/h2-11H,1H3. The highest BCUT2D eigenvalue weighted by molar-refractivity contribution is 6.30. The number of aromatic nitrogens is 2. The van der Waals surface area contributed by atoms with Crippen molar-refractivity contribution in [3.63, 3.8) is 0 Å². The molecule has 104 valence electrons. The predicted molar refractivity (Wildman–Crippen MR) is 84.4 cm³/mol. The van der Waals surface area contributed by atoms with Crippen LogP contribution in [0.5, 0.6) is 0 Å². The van der Waals surface area contributed by atoms with Gasteiger partial charge in [0, 0.05) is 23.1 Å². The maximum atomic E-state index is 11.8. The van der Waals surface area contributed by atoms with Crippen molar-refractivity contribution in [2.75, 3.05) is 0 Å². The van der Waals surface area contributed by atoms with E-state index < -0.39 is 0 Å². The minimum atomic E-state index is -0.123. The second kappa shape index (κ2) is 5.54. The number of carbonyl (C=O) groups is 1. The number of hydrogen-bond donors (Lipinski definition) is 0. The van der Waals surface area contributed by atoms with E-state index in [1.807, 2.05) is 48.5 Å². The Bertz CT molecular complexity index is 776. The Morgan fingerprint density at radius 2 is 1.67 bits per heavy atom. The number of hydrogen-bond acceptors (Lipinski definition) is 2. The first-order valence-electron chi connectivity index (χ1n) is 6.57. The Balaban J connectivity index is 2.14. The third-order valence-electron chi connectivity index (χ3n) is 3.22. The van der Waals surface area contributed by atoms with Gasteiger partial charge in [-0.15, -0.1) is 0 Å². The van der Waals surface area contributed by atoms with E-state index in [-0.39, 0.29) is 5.91 Å². The average molecular weight is 297 g/mol. The van der Waals surface area contributed by atoms with Gasteiger partial charge in [-0.3, -0.25) is 4.79 Å². The Morgan fingerprint density at radius 1 is 1.00 bits per heavy atom. The quantitative estimate of drug-likeness (QED) is 0.696. The molecule has 0 unspecified atom stereocenters. The predicted octanol–water partition coefficient (Wildman–Crippen LogP) is 4.53. The van der Waals surface area contributed by atoms with Crippen LogP contribution in [-0.4, -0.2) is 15.7 Å². The topological polar surface area (TPSA) is 34.9 Å². The number of carbonyl (C=O) groups excluding carboxylic acids is 1. The van der Waals surface area contributed by atoms with Crippen LogP contribution >= 0.6 is 11.6 Å². The fourth-order valence-electron chi connectivity index (χ4n) is 2.20. The molecule has 0 atom stereocenters. The zero-order chi connectivity index (χ0) is 14.8. The summed E-state index contributed by atoms with van der Waals surface area (Å²) in [5, 5.41) is 5.08. The highest BCUT2D eigenvalue weighted by Crippen LogP contribution is 2.27. The number of rotatable bonds is 2. The van der Waals surface area contributed by atoms with Gasteiger partial charge in [0.1, 0.15) is 0 Å². The van der Waals surface area contributed by atoms with Crippen molar-refractivity contribution in [3.05, 3.63) is 65.7 Å². The lowest BCUT2D eigenvalue weighted by atomic mass is 10.1. The van der Waals surface area contributed by atoms with Crippen LogP contribution in [0.3, 0.4) is 0 Å². The van der Waals surface area contributed by atoms with Gasteiger partial charge >= 0.3 is 0 Å². The Kier molecular flexibility index (Phi) is 3.59. The molecule has 0 bridgehead atoms. The maximum absolute atomic E-state index is 11.8. The summed E-state index contributed by atoms with van der Waals surface area (Å²) >= 11 is 5.91. The third-order valence-corrected chi connectivity index (χ3v) is 3.47. The summed E-state index contributed by atoms with van der Waals surface area (Å²) in [5.74, 6) is -0.123. The molecule has 1 heterocycles. The molecule has 0 aliphatic heterocycles. The van der Waals surface area contributed by atoms with E-state index in [0.717, 1.165) is 22.5 Å². The van der Waals surface area contributed by atoms with Crippen molar-refractivity contribution in [3.8, 4) is 22.5 Å². The first-order chi connectivity index (χ1) is 10.1. The van der Waals surface area contributed by atoms with Gasteiger partial charge in [0.05, 0.1) is 11.4 Å². The van der Waals surface area contributed by atoms with Crippen LogP contribution in [0.2, 0.25) is 5.02 Å². The lowest BCUT2D eigenvalue weighted by Crippen LogP contribution is -2.09. The van der Waals surface area contributed by atoms with E-state index in [1.54, 1.807) is 12.1 Å². The van der Waals surface area contributed by atoms with Crippen molar-refractivity contribution in [2.24, 2.45) is 0 Å². The first kappa shape index (κ1) is 13.6. The fraction of sp³-hybridized carbons (Fsp3) is 0.0588. The molecule has 0 spiro atoms. The van der Waals surface area contributed by atoms with E-state index in [4.69, 9.17) is 11.6 Å². The number of halogens is 1. The van der Waals surface area contributed by atoms with Crippen LogP contribution in [0, 0.1) is 0 Å². The van der Waals surface area contributed by atoms with Gasteiger partial charge in [0.25, 0.3) is 0 Å². The Labute approximate surface area is 127 Å². The van der Waals surface area contributed by atoms with Gasteiger partial charge in [-0.25, -0.2) is 0 Å². The summed E-state index contributed by atoms with van der Waals surface area (Å²) in [4.78, 5) is 11.8. The Morgan fingerprint density at radius 3 is 2.29 bits per heavy atom. The van der Waals surface area contributed by atoms with Gasteiger partial charge in [0.2, 0.25) is 5.91 Å². The molecule has 3 nitrogen and oxygen atoms in total. The molecule has 4 heteroatoms. The molecule has 0 fully saturated rings. The van der Waals surface area contributed by atoms with Gasteiger partial charge in [0.15, 0.2) is 0 Å². The lowest BCUT2D eigenvalue weighted by molar-refractivity contribution is 0.0923. The molecule has 0 amide bonds. The van der Waals surface area contributed by atoms with E-state index in [2.05, 4.69) is 5.10 Å². The Hall–Kier alpha value is -2.39. The van der Waals surface area contributed by atoms with E-state index in [9.17, 15) is 4.79 Å². The van der Waals surface area contributed by atoms with Crippen LogP contribution in [0.1, 0.15) is 11.7 Å². The molecule has 3 rings (SSSR count). The van der Waals surface area contributed by atoms with Crippen molar-refractivity contribution >= 4 is 17.5 Å². The monoisotopic (exact) mass is 296 g/mol. The molecule has 0 saturated heterocycles. The van der Waals surface area contributed by atoms with Crippen LogP contribution < -0.4 is 0 Å². The zero-order valence-electron chi connectivity index (χ0n) is 11.5. The molecule has 21 heavy (non-hydrogen) atoms. The summed E-state index contributed by atoms with van der Waals surface area (Å²) in [6, 6.07) is 19.1. The van der Waals surface area contributed by atoms with Gasteiger partial charge in [-0.1, -0.05) is 54.1 Å². The molecule has 0 aliphatic rings. The van der Waals surface area contributed by atoms with E-state index in [0.29, 0.717) is 5.02 Å². The first-order valence-corrected chi connectivity index (χ1v) is 6.95. The molecule has 0 radical (unpaired) electrons. The minimum absolute atomic E-state index is 0.123. The van der Waals surface area contributed by atoms with Crippen molar-refractivity contribution in [2.45, 2.75) is 6.92 Å². The van der Waals surface area contributed by atoms with Crippen LogP contribution in [0.25, 0.3) is 22.5 Å². The van der Waals surface area contributed by atoms with Gasteiger partial charge in [-0.05, 0) is 18.2 Å². The van der Waals surface area contributed by atoms with Crippen LogP contribution in [-0.2, 0) is 0 Å². The number of benzene rings is 2. The highest BCUT2D eigenvalue weighted by Gasteiger charge is 2.13. The fourth-order valence-corrected chi connectivity index (χ4v) is 2.32. The van der Waals surface area contributed by atoms with Crippen LogP contribution in [0.15, 0.2) is 60.7 Å². The van der Waals surface area contributed by atoms with E-state index >= 15 is 0 Å². The molecular formula is C17H13ClN2O. The normalized spacial score (nSPS) is 10.6. The third kappa shape index (κ3) is 2.73. The molecule has 2 aromatic carbocycles. The molecule has 1 aromatic heterocycles. The smallest absolute Gasteiger partial charge is 0.244 e. The lowest BCUT2D eigenvalue weighted by Gasteiger charge is -2.03. The minimum Gasteiger partial charge on any atom is -0.273 e. The van der Waals surface area contributed by atoms with Crippen molar-refractivity contribution in [1.29, 1.82) is 0 Å². The second-order valence-corrected chi connectivity index (χ2v) is 5.15. The summed E-state index contributed by atoms with van der Waals surface area (Å²) in [7, 11) is 0. The van der Waals surface area contributed by atoms with E-state index in [1.165, 1.54) is 11.6 Å². The number of nitrogens with zero attached hydrogens (tertiary/aromatic N) is 2. The summed E-state index contributed by atoms with van der Waals surface area (Å²) in [5.41, 5.74) is 3.42. The summed E-state index contributed by atoms with van der Waals surface area (Å²) in [6.07, 6.45) is 0. The van der Waals surface area contributed by atoms with Gasteiger partial charge in [-0.2, -0.15) is 9.78 Å². The summed E-state index contributed by atoms with van der Waals surface area (Å²) in [6.45, 7) is 1.50. The molecule has 0 saturated carbocycles. The maximum Gasteiger partial charge on any atom is 0.244 e. The second-order valence-electron chi connectivity index (χ2n) is 4.72. The largest absolute Gasteiger partial charge is 0.273 e. The van der Waals surface area contributed by atoms with Gasteiger partial charge < -0.3 is 0 Å². The SMILES string of the molecule is CC(=O)n1nc(-c2ccccc2)cc1-c1ccc(Cl)cc1. The molecule has 3 aromatic rings. The molecular weight excluding hydrogens is 284 g/mol. The van der Waals surface area contributed by atoms with Crippen molar-refractivity contribution < 1.29 is 4.79 Å². The highest BCUT2D eigenvalue weighted by atomic mass is 35.5. The average Bonchev–Trinajstić information content (AvgIpc) is 2.94. The zero-order valence-corrected chi connectivity index (χ0v) is 12.2. The molecule has 0 N–H and O–H groups in total.